The summed E-state index contributed by atoms with van der Waals surface area (Å²) in [5, 5.41) is 3.02. The molecule has 1 aliphatic rings. The predicted molar refractivity (Wildman–Crippen MR) is 77.4 cm³/mol. The number of anilines is 1. The topological polar surface area (TPSA) is 42.0 Å². The van der Waals surface area contributed by atoms with E-state index in [0.29, 0.717) is 0 Å². The van der Waals surface area contributed by atoms with Gasteiger partial charge in [0.15, 0.2) is 0 Å². The third-order valence-electron chi connectivity index (χ3n) is 3.54. The lowest BCUT2D eigenvalue weighted by molar-refractivity contribution is -0.120. The second-order valence-corrected chi connectivity index (χ2v) is 5.96. The Bertz CT molecular complexity index is 606. The Labute approximate surface area is 116 Å². The molecule has 2 aromatic rings. The van der Waals surface area contributed by atoms with Gasteiger partial charge < -0.3 is 5.32 Å². The Morgan fingerprint density at radius 2 is 2.37 bits per heavy atom. The van der Waals surface area contributed by atoms with E-state index < -0.39 is 0 Å². The van der Waals surface area contributed by atoms with Crippen LogP contribution in [0, 0.1) is 12.8 Å². The van der Waals surface area contributed by atoms with Crippen molar-refractivity contribution in [2.45, 2.75) is 26.2 Å². The van der Waals surface area contributed by atoms with Gasteiger partial charge in [0, 0.05) is 16.5 Å². The molecule has 98 valence electrons. The van der Waals surface area contributed by atoms with Gasteiger partial charge in [0.1, 0.15) is 0 Å². The Morgan fingerprint density at radius 1 is 1.47 bits per heavy atom. The molecule has 1 aliphatic carbocycles. The monoisotopic (exact) mass is 272 g/mol. The standard InChI is InChI=1S/C15H16N2OS/c1-10-3-2-4-12(7-10)17-15(18)11-5-6-13-14(8-11)19-9-16-13/h2-4,7,9,11H,5-6,8H2,1H3,(H,17,18). The minimum Gasteiger partial charge on any atom is -0.326 e. The van der Waals surface area contributed by atoms with Crippen LogP contribution in [0.4, 0.5) is 5.69 Å². The zero-order chi connectivity index (χ0) is 13.2. The van der Waals surface area contributed by atoms with Crippen LogP contribution < -0.4 is 5.32 Å². The van der Waals surface area contributed by atoms with E-state index in [1.165, 1.54) is 10.6 Å². The maximum Gasteiger partial charge on any atom is 0.227 e. The van der Waals surface area contributed by atoms with Crippen LogP contribution in [0.3, 0.4) is 0 Å². The largest absolute Gasteiger partial charge is 0.326 e. The van der Waals surface area contributed by atoms with E-state index in [0.717, 1.165) is 30.5 Å². The average Bonchev–Trinajstić information content (AvgIpc) is 2.85. The van der Waals surface area contributed by atoms with Gasteiger partial charge >= 0.3 is 0 Å². The maximum absolute atomic E-state index is 12.3. The van der Waals surface area contributed by atoms with E-state index in [-0.39, 0.29) is 11.8 Å². The lowest BCUT2D eigenvalue weighted by atomic mass is 9.90. The van der Waals surface area contributed by atoms with Crippen LogP contribution in [0.1, 0.15) is 22.6 Å². The molecule has 0 fully saturated rings. The number of nitrogens with one attached hydrogen (secondary N) is 1. The number of aromatic nitrogens is 1. The first kappa shape index (κ1) is 12.4. The number of rotatable bonds is 2. The molecule has 1 unspecified atom stereocenters. The van der Waals surface area contributed by atoms with Gasteiger partial charge in [-0.3, -0.25) is 4.79 Å². The van der Waals surface area contributed by atoms with Gasteiger partial charge in [-0.25, -0.2) is 4.98 Å². The highest BCUT2D eigenvalue weighted by molar-refractivity contribution is 7.09. The summed E-state index contributed by atoms with van der Waals surface area (Å²) in [5.41, 5.74) is 5.11. The average molecular weight is 272 g/mol. The molecule has 1 aromatic carbocycles. The zero-order valence-corrected chi connectivity index (χ0v) is 11.7. The van der Waals surface area contributed by atoms with Gasteiger partial charge in [0.05, 0.1) is 11.2 Å². The third-order valence-corrected chi connectivity index (χ3v) is 4.44. The number of thiazole rings is 1. The van der Waals surface area contributed by atoms with Crippen LogP contribution in [0.15, 0.2) is 29.8 Å². The predicted octanol–water partition coefficient (Wildman–Crippen LogP) is 3.20. The molecule has 1 amide bonds. The second kappa shape index (κ2) is 5.13. The summed E-state index contributed by atoms with van der Waals surface area (Å²) in [5.74, 6) is 0.207. The van der Waals surface area contributed by atoms with Crippen molar-refractivity contribution < 1.29 is 4.79 Å². The van der Waals surface area contributed by atoms with Gasteiger partial charge in [0.25, 0.3) is 0 Å². The van der Waals surface area contributed by atoms with Gasteiger partial charge in [-0.05, 0) is 43.9 Å². The van der Waals surface area contributed by atoms with E-state index in [9.17, 15) is 4.79 Å². The summed E-state index contributed by atoms with van der Waals surface area (Å²) >= 11 is 1.66. The van der Waals surface area contributed by atoms with Gasteiger partial charge in [0.2, 0.25) is 5.91 Å². The summed E-state index contributed by atoms with van der Waals surface area (Å²) in [7, 11) is 0. The fraction of sp³-hybridized carbons (Fsp3) is 0.333. The van der Waals surface area contributed by atoms with Crippen LogP contribution >= 0.6 is 11.3 Å². The molecule has 3 nitrogen and oxygen atoms in total. The van der Waals surface area contributed by atoms with Gasteiger partial charge in [-0.2, -0.15) is 0 Å². The minimum atomic E-state index is 0.0773. The quantitative estimate of drug-likeness (QED) is 0.912. The first-order valence-electron chi connectivity index (χ1n) is 6.51. The number of carbonyl (C=O) groups excluding carboxylic acids is 1. The lowest BCUT2D eigenvalue weighted by Crippen LogP contribution is -2.27. The lowest BCUT2D eigenvalue weighted by Gasteiger charge is -2.20. The van der Waals surface area contributed by atoms with Crippen molar-refractivity contribution in [2.75, 3.05) is 5.32 Å². The molecular weight excluding hydrogens is 256 g/mol. The maximum atomic E-state index is 12.3. The molecule has 1 heterocycles. The van der Waals surface area contributed by atoms with Gasteiger partial charge in [-0.15, -0.1) is 11.3 Å². The van der Waals surface area contributed by atoms with E-state index in [4.69, 9.17) is 0 Å². The van der Waals surface area contributed by atoms with Crippen LogP contribution in [0.5, 0.6) is 0 Å². The number of amides is 1. The number of hydrogen-bond acceptors (Lipinski definition) is 3. The highest BCUT2D eigenvalue weighted by Crippen LogP contribution is 2.28. The molecular formula is C15H16N2OS. The molecule has 1 aromatic heterocycles. The molecule has 0 spiro atoms. The summed E-state index contributed by atoms with van der Waals surface area (Å²) in [6.45, 7) is 2.03. The van der Waals surface area contributed by atoms with Crippen LogP contribution in [-0.2, 0) is 17.6 Å². The number of benzene rings is 1. The molecule has 19 heavy (non-hydrogen) atoms. The first-order chi connectivity index (χ1) is 9.22. The molecule has 1 atom stereocenters. The number of hydrogen-bond donors (Lipinski definition) is 1. The van der Waals surface area contributed by atoms with E-state index in [1.54, 1.807) is 11.3 Å². The second-order valence-electron chi connectivity index (χ2n) is 5.02. The van der Waals surface area contributed by atoms with Crippen molar-refractivity contribution in [3.8, 4) is 0 Å². The number of carbonyl (C=O) groups is 1. The number of nitrogens with zero attached hydrogens (tertiary/aromatic N) is 1. The SMILES string of the molecule is Cc1cccc(NC(=O)C2CCc3ncsc3C2)c1. The summed E-state index contributed by atoms with van der Waals surface area (Å²) in [6.07, 6.45) is 2.65. The summed E-state index contributed by atoms with van der Waals surface area (Å²) < 4.78 is 0. The number of aryl methyl sites for hydroxylation is 2. The Morgan fingerprint density at radius 3 is 3.21 bits per heavy atom. The van der Waals surface area contributed by atoms with Crippen LogP contribution in [0.25, 0.3) is 0 Å². The molecule has 0 bridgehead atoms. The molecule has 1 N–H and O–H groups in total. The highest BCUT2D eigenvalue weighted by atomic mass is 32.1. The Balaban J connectivity index is 1.69. The van der Waals surface area contributed by atoms with Crippen LogP contribution in [0.2, 0.25) is 0 Å². The van der Waals surface area contributed by atoms with Crippen molar-refractivity contribution >= 4 is 22.9 Å². The Kier molecular flexibility index (Phi) is 3.34. The van der Waals surface area contributed by atoms with Crippen molar-refractivity contribution in [1.82, 2.24) is 4.98 Å². The fourth-order valence-electron chi connectivity index (χ4n) is 2.49. The minimum absolute atomic E-state index is 0.0773. The van der Waals surface area contributed by atoms with E-state index in [1.807, 2.05) is 36.7 Å². The molecule has 0 radical (unpaired) electrons. The molecule has 4 heteroatoms. The summed E-state index contributed by atoms with van der Waals surface area (Å²) in [4.78, 5) is 17.9. The highest BCUT2D eigenvalue weighted by Gasteiger charge is 2.26. The first-order valence-corrected chi connectivity index (χ1v) is 7.39. The molecule has 3 rings (SSSR count). The summed E-state index contributed by atoms with van der Waals surface area (Å²) in [6, 6.07) is 7.93. The van der Waals surface area contributed by atoms with Crippen molar-refractivity contribution in [3.05, 3.63) is 45.9 Å². The van der Waals surface area contributed by atoms with Crippen LogP contribution in [-0.4, -0.2) is 10.9 Å². The zero-order valence-electron chi connectivity index (χ0n) is 10.8. The molecule has 0 saturated carbocycles. The van der Waals surface area contributed by atoms with E-state index >= 15 is 0 Å². The van der Waals surface area contributed by atoms with Gasteiger partial charge in [-0.1, -0.05) is 12.1 Å². The fourth-order valence-corrected chi connectivity index (χ4v) is 3.39. The molecule has 0 aliphatic heterocycles. The smallest absolute Gasteiger partial charge is 0.227 e. The normalized spacial score (nSPS) is 17.8. The van der Waals surface area contributed by atoms with Crippen molar-refractivity contribution in [2.24, 2.45) is 5.92 Å². The van der Waals surface area contributed by atoms with Crippen molar-refractivity contribution in [3.63, 3.8) is 0 Å². The third kappa shape index (κ3) is 2.68. The van der Waals surface area contributed by atoms with E-state index in [2.05, 4.69) is 10.3 Å². The van der Waals surface area contributed by atoms with Crippen molar-refractivity contribution in [1.29, 1.82) is 0 Å². The Hall–Kier alpha value is -1.68. The number of fused-ring (bicyclic) bond motifs is 1. The molecule has 0 saturated heterocycles.